The maximum absolute atomic E-state index is 13.1. The number of hydrogen-bond donors (Lipinski definition) is 0. The fourth-order valence-electron chi connectivity index (χ4n) is 2.84. The zero-order valence-corrected chi connectivity index (χ0v) is 15.4. The molecule has 0 spiro atoms. The van der Waals surface area contributed by atoms with E-state index in [0.717, 1.165) is 5.56 Å². The highest BCUT2D eigenvalue weighted by molar-refractivity contribution is 6.68. The Balaban J connectivity index is 2.17. The molecular formula is C19H17Cl2NO3. The molecule has 3 rings (SSSR count). The molecule has 0 aliphatic carbocycles. The number of rotatable bonds is 4. The number of fused-ring (bicyclic) bond motifs is 1. The summed E-state index contributed by atoms with van der Waals surface area (Å²) in [7, 11) is 0. The maximum atomic E-state index is 13.1. The number of halogens is 2. The molecule has 0 saturated heterocycles. The second-order valence-electron chi connectivity index (χ2n) is 6.14. The van der Waals surface area contributed by atoms with Gasteiger partial charge in [-0.25, -0.2) is 0 Å². The van der Waals surface area contributed by atoms with Gasteiger partial charge in [-0.2, -0.15) is 0 Å². The number of ether oxygens (including phenoxy) is 1. The highest BCUT2D eigenvalue weighted by Crippen LogP contribution is 2.44. The minimum atomic E-state index is -1.07. The molecule has 0 aromatic heterocycles. The molecule has 0 radical (unpaired) electrons. The van der Waals surface area contributed by atoms with Crippen LogP contribution in [0.4, 0.5) is 5.69 Å². The van der Waals surface area contributed by atoms with Crippen molar-refractivity contribution >= 4 is 40.0 Å². The first-order valence-corrected chi connectivity index (χ1v) is 8.69. The van der Waals surface area contributed by atoms with Crippen molar-refractivity contribution in [1.29, 1.82) is 0 Å². The van der Waals surface area contributed by atoms with Crippen LogP contribution in [-0.2, 0) is 11.3 Å². The van der Waals surface area contributed by atoms with Gasteiger partial charge in [0.25, 0.3) is 11.1 Å². The van der Waals surface area contributed by atoms with Gasteiger partial charge in [0.15, 0.2) is 11.4 Å². The van der Waals surface area contributed by atoms with E-state index in [1.54, 1.807) is 17.9 Å². The van der Waals surface area contributed by atoms with Crippen LogP contribution in [0.3, 0.4) is 0 Å². The van der Waals surface area contributed by atoms with E-state index in [1.165, 1.54) is 6.07 Å². The SMILES string of the molecule is CCC1(C)Oc2c(C(=O)Cl)cc(Cl)cc2N(Cc2ccccc2)C1=O. The van der Waals surface area contributed by atoms with E-state index in [0.29, 0.717) is 29.4 Å². The monoisotopic (exact) mass is 377 g/mol. The van der Waals surface area contributed by atoms with E-state index in [2.05, 4.69) is 0 Å². The summed E-state index contributed by atoms with van der Waals surface area (Å²) in [4.78, 5) is 26.5. The van der Waals surface area contributed by atoms with Crippen LogP contribution in [0.5, 0.6) is 5.75 Å². The summed E-state index contributed by atoms with van der Waals surface area (Å²) in [6.45, 7) is 3.93. The van der Waals surface area contributed by atoms with Crippen molar-refractivity contribution < 1.29 is 14.3 Å². The molecule has 0 fully saturated rings. The molecule has 6 heteroatoms. The molecule has 0 bridgehead atoms. The Labute approximate surface area is 156 Å². The maximum Gasteiger partial charge on any atom is 0.271 e. The van der Waals surface area contributed by atoms with E-state index in [-0.39, 0.29) is 11.5 Å². The molecule has 1 aliphatic heterocycles. The topological polar surface area (TPSA) is 46.6 Å². The van der Waals surface area contributed by atoms with Crippen LogP contribution in [0.2, 0.25) is 5.02 Å². The Morgan fingerprint density at radius 1 is 1.24 bits per heavy atom. The van der Waals surface area contributed by atoms with Gasteiger partial charge in [0, 0.05) is 5.02 Å². The number of hydrogen-bond acceptors (Lipinski definition) is 3. The van der Waals surface area contributed by atoms with Gasteiger partial charge in [-0.3, -0.25) is 9.59 Å². The van der Waals surface area contributed by atoms with Crippen molar-refractivity contribution in [2.45, 2.75) is 32.4 Å². The zero-order valence-electron chi connectivity index (χ0n) is 13.9. The predicted molar refractivity (Wildman–Crippen MR) is 98.6 cm³/mol. The molecule has 130 valence electrons. The van der Waals surface area contributed by atoms with Crippen LogP contribution in [-0.4, -0.2) is 16.8 Å². The van der Waals surface area contributed by atoms with Crippen LogP contribution < -0.4 is 9.64 Å². The van der Waals surface area contributed by atoms with Crippen molar-refractivity contribution in [2.24, 2.45) is 0 Å². The Morgan fingerprint density at radius 3 is 2.52 bits per heavy atom. The third kappa shape index (κ3) is 3.24. The summed E-state index contributed by atoms with van der Waals surface area (Å²) in [6.07, 6.45) is 0.453. The van der Waals surface area contributed by atoms with Crippen LogP contribution in [0.1, 0.15) is 36.2 Å². The van der Waals surface area contributed by atoms with Gasteiger partial charge < -0.3 is 9.64 Å². The third-order valence-electron chi connectivity index (χ3n) is 4.42. The minimum absolute atomic E-state index is 0.161. The summed E-state index contributed by atoms with van der Waals surface area (Å²) in [6, 6.07) is 12.7. The van der Waals surface area contributed by atoms with Crippen molar-refractivity contribution in [3.05, 3.63) is 58.6 Å². The predicted octanol–water partition coefficient (Wildman–Crippen LogP) is 4.81. The molecule has 1 heterocycles. The lowest BCUT2D eigenvalue weighted by molar-refractivity contribution is -0.134. The number of nitrogens with zero attached hydrogens (tertiary/aromatic N) is 1. The summed E-state index contributed by atoms with van der Waals surface area (Å²) in [5.41, 5.74) is 0.503. The molecule has 25 heavy (non-hydrogen) atoms. The molecule has 4 nitrogen and oxygen atoms in total. The fraction of sp³-hybridized carbons (Fsp3) is 0.263. The average Bonchev–Trinajstić information content (AvgIpc) is 2.60. The molecule has 0 N–H and O–H groups in total. The molecule has 2 aromatic carbocycles. The van der Waals surface area contributed by atoms with Crippen molar-refractivity contribution in [3.8, 4) is 5.75 Å². The van der Waals surface area contributed by atoms with Crippen LogP contribution in [0, 0.1) is 0 Å². The lowest BCUT2D eigenvalue weighted by Crippen LogP contribution is -2.54. The average molecular weight is 378 g/mol. The second kappa shape index (κ2) is 6.70. The van der Waals surface area contributed by atoms with Gasteiger partial charge in [0.2, 0.25) is 0 Å². The second-order valence-corrected chi connectivity index (χ2v) is 6.92. The van der Waals surface area contributed by atoms with Gasteiger partial charge in [0.1, 0.15) is 0 Å². The molecule has 1 amide bonds. The van der Waals surface area contributed by atoms with Gasteiger partial charge in [-0.1, -0.05) is 48.9 Å². The summed E-state index contributed by atoms with van der Waals surface area (Å²) < 4.78 is 5.94. The molecular weight excluding hydrogens is 361 g/mol. The zero-order chi connectivity index (χ0) is 18.2. The Morgan fingerprint density at radius 2 is 1.92 bits per heavy atom. The molecule has 2 aromatic rings. The quantitative estimate of drug-likeness (QED) is 0.717. The van der Waals surface area contributed by atoms with E-state index >= 15 is 0 Å². The van der Waals surface area contributed by atoms with E-state index < -0.39 is 10.8 Å². The van der Waals surface area contributed by atoms with Gasteiger partial charge in [-0.15, -0.1) is 0 Å². The number of carbonyl (C=O) groups is 2. The van der Waals surface area contributed by atoms with E-state index in [1.807, 2.05) is 37.3 Å². The Hall–Kier alpha value is -2.04. The first kappa shape index (κ1) is 17.8. The van der Waals surface area contributed by atoms with Crippen molar-refractivity contribution in [2.75, 3.05) is 4.90 Å². The van der Waals surface area contributed by atoms with Crippen LogP contribution >= 0.6 is 23.2 Å². The van der Waals surface area contributed by atoms with Crippen molar-refractivity contribution in [3.63, 3.8) is 0 Å². The highest BCUT2D eigenvalue weighted by Gasteiger charge is 2.44. The third-order valence-corrected chi connectivity index (χ3v) is 4.84. The van der Waals surface area contributed by atoms with Crippen LogP contribution in [0.25, 0.3) is 0 Å². The van der Waals surface area contributed by atoms with Gasteiger partial charge >= 0.3 is 0 Å². The van der Waals surface area contributed by atoms with Gasteiger partial charge in [0.05, 0.1) is 17.8 Å². The molecule has 0 saturated carbocycles. The number of carbonyl (C=O) groups excluding carboxylic acids is 2. The first-order chi connectivity index (χ1) is 11.9. The lowest BCUT2D eigenvalue weighted by atomic mass is 9.96. The number of anilines is 1. The molecule has 1 aliphatic rings. The standard InChI is InChI=1S/C19H17Cl2NO3/c1-3-19(2)18(24)22(11-12-7-5-4-6-8-12)15-10-13(20)9-14(17(21)23)16(15)25-19/h4-10H,3,11H2,1-2H3. The van der Waals surface area contributed by atoms with Crippen molar-refractivity contribution in [1.82, 2.24) is 0 Å². The first-order valence-electron chi connectivity index (χ1n) is 7.94. The summed E-state index contributed by atoms with van der Waals surface area (Å²) in [5.74, 6) is 0.117. The highest BCUT2D eigenvalue weighted by atomic mass is 35.5. The molecule has 1 atom stereocenters. The van der Waals surface area contributed by atoms with Gasteiger partial charge in [-0.05, 0) is 42.6 Å². The fourth-order valence-corrected chi connectivity index (χ4v) is 3.20. The minimum Gasteiger partial charge on any atom is -0.475 e. The van der Waals surface area contributed by atoms with E-state index in [4.69, 9.17) is 27.9 Å². The Bertz CT molecular complexity index is 838. The normalized spacial score (nSPS) is 19.4. The largest absolute Gasteiger partial charge is 0.475 e. The summed E-state index contributed by atoms with van der Waals surface area (Å²) >= 11 is 11.9. The van der Waals surface area contributed by atoms with E-state index in [9.17, 15) is 9.59 Å². The molecule has 1 unspecified atom stereocenters. The number of amides is 1. The smallest absolute Gasteiger partial charge is 0.271 e. The Kier molecular flexibility index (Phi) is 4.76. The lowest BCUT2D eigenvalue weighted by Gasteiger charge is -2.41. The number of benzene rings is 2. The summed E-state index contributed by atoms with van der Waals surface area (Å²) in [5, 5.41) is -0.358. The van der Waals surface area contributed by atoms with Crippen LogP contribution in [0.15, 0.2) is 42.5 Å².